The zero-order valence-corrected chi connectivity index (χ0v) is 14.7. The van der Waals surface area contributed by atoms with Gasteiger partial charge < -0.3 is 14.4 Å². The van der Waals surface area contributed by atoms with Gasteiger partial charge in [-0.25, -0.2) is 4.98 Å². The van der Waals surface area contributed by atoms with Crippen LogP contribution in [0.2, 0.25) is 0 Å². The summed E-state index contributed by atoms with van der Waals surface area (Å²) in [6.07, 6.45) is -5.75. The fraction of sp³-hybridized carbons (Fsp3) is 0.190. The smallest absolute Gasteiger partial charge is 0.449 e. The van der Waals surface area contributed by atoms with Gasteiger partial charge in [-0.1, -0.05) is 42.5 Å². The first kappa shape index (κ1) is 18.3. The Morgan fingerprint density at radius 2 is 1.68 bits per heavy atom. The summed E-state index contributed by atoms with van der Waals surface area (Å²) in [7, 11) is 0. The summed E-state index contributed by atoms with van der Waals surface area (Å²) in [5, 5.41) is 12.3. The van der Waals surface area contributed by atoms with Crippen molar-refractivity contribution in [3.63, 3.8) is 0 Å². The maximum absolute atomic E-state index is 13.3. The van der Waals surface area contributed by atoms with Crippen LogP contribution < -0.4 is 4.74 Å². The average Bonchev–Trinajstić information content (AvgIpc) is 3.05. The Morgan fingerprint density at radius 3 is 2.46 bits per heavy atom. The lowest BCUT2D eigenvalue weighted by Gasteiger charge is -2.16. The highest BCUT2D eigenvalue weighted by atomic mass is 19.4. The van der Waals surface area contributed by atoms with Gasteiger partial charge in [-0.15, -0.1) is 0 Å². The number of hydrogen-bond donors (Lipinski definition) is 1. The van der Waals surface area contributed by atoms with E-state index in [-0.39, 0.29) is 18.7 Å². The summed E-state index contributed by atoms with van der Waals surface area (Å²) < 4.78 is 46.6. The van der Waals surface area contributed by atoms with Crippen molar-refractivity contribution in [2.75, 3.05) is 6.61 Å². The van der Waals surface area contributed by atoms with Crippen LogP contribution in [0.4, 0.5) is 13.2 Å². The number of fused-ring (bicyclic) bond motifs is 2. The number of alkyl halides is 3. The van der Waals surface area contributed by atoms with Gasteiger partial charge in [0.25, 0.3) is 0 Å². The van der Waals surface area contributed by atoms with Crippen LogP contribution in [0, 0.1) is 0 Å². The zero-order valence-electron chi connectivity index (χ0n) is 14.7. The molecule has 0 aliphatic carbocycles. The topological polar surface area (TPSA) is 47.3 Å². The molecule has 0 bridgehead atoms. The number of aliphatic hydroxyl groups excluding tert-OH is 1. The quantitative estimate of drug-likeness (QED) is 0.543. The van der Waals surface area contributed by atoms with E-state index in [0.29, 0.717) is 11.3 Å². The molecule has 1 atom stereocenters. The zero-order chi connectivity index (χ0) is 19.7. The fourth-order valence-corrected chi connectivity index (χ4v) is 3.19. The van der Waals surface area contributed by atoms with E-state index in [1.165, 1.54) is 6.07 Å². The van der Waals surface area contributed by atoms with Crippen molar-refractivity contribution in [2.24, 2.45) is 0 Å². The third kappa shape index (κ3) is 3.66. The SMILES string of the molecule is OC(COc1ccc2ccccc2c1)Cn1c(C(F)(F)F)nc2ccccc21. The van der Waals surface area contributed by atoms with Crippen molar-refractivity contribution in [1.82, 2.24) is 9.55 Å². The third-order valence-electron chi connectivity index (χ3n) is 4.46. The maximum Gasteiger partial charge on any atom is 0.449 e. The van der Waals surface area contributed by atoms with Crippen LogP contribution in [-0.2, 0) is 12.7 Å². The number of rotatable bonds is 5. The molecule has 0 amide bonds. The first-order chi connectivity index (χ1) is 13.4. The molecule has 7 heteroatoms. The molecule has 1 unspecified atom stereocenters. The molecule has 1 heterocycles. The Labute approximate surface area is 158 Å². The maximum atomic E-state index is 13.3. The van der Waals surface area contributed by atoms with E-state index >= 15 is 0 Å². The Kier molecular flexibility index (Phi) is 4.68. The summed E-state index contributed by atoms with van der Waals surface area (Å²) in [6.45, 7) is -0.412. The summed E-state index contributed by atoms with van der Waals surface area (Å²) in [5.74, 6) is -0.484. The summed E-state index contributed by atoms with van der Waals surface area (Å²) in [6, 6.07) is 19.6. The largest absolute Gasteiger partial charge is 0.491 e. The molecule has 28 heavy (non-hydrogen) atoms. The van der Waals surface area contributed by atoms with Gasteiger partial charge in [0.05, 0.1) is 17.6 Å². The third-order valence-corrected chi connectivity index (χ3v) is 4.46. The molecule has 0 radical (unpaired) electrons. The van der Waals surface area contributed by atoms with Crippen LogP contribution in [0.1, 0.15) is 5.82 Å². The highest BCUT2D eigenvalue weighted by molar-refractivity contribution is 5.83. The Balaban J connectivity index is 1.52. The van der Waals surface area contributed by atoms with E-state index in [0.717, 1.165) is 15.3 Å². The summed E-state index contributed by atoms with van der Waals surface area (Å²) in [5.41, 5.74) is 0.553. The van der Waals surface area contributed by atoms with Gasteiger partial charge in [0.2, 0.25) is 5.82 Å². The van der Waals surface area contributed by atoms with Gasteiger partial charge in [0, 0.05) is 0 Å². The van der Waals surface area contributed by atoms with Gasteiger partial charge in [-0.2, -0.15) is 13.2 Å². The molecule has 0 aliphatic heterocycles. The highest BCUT2D eigenvalue weighted by Gasteiger charge is 2.37. The van der Waals surface area contributed by atoms with Crippen molar-refractivity contribution in [1.29, 1.82) is 0 Å². The normalized spacial score (nSPS) is 13.1. The number of imidazole rings is 1. The Hall–Kier alpha value is -3.06. The molecular formula is C21H17F3N2O2. The Morgan fingerprint density at radius 1 is 0.964 bits per heavy atom. The summed E-state index contributed by atoms with van der Waals surface area (Å²) >= 11 is 0. The lowest BCUT2D eigenvalue weighted by Crippen LogP contribution is -2.26. The number of ether oxygens (including phenoxy) is 1. The van der Waals surface area contributed by atoms with Crippen LogP contribution in [-0.4, -0.2) is 27.4 Å². The predicted molar refractivity (Wildman–Crippen MR) is 100 cm³/mol. The first-order valence-electron chi connectivity index (χ1n) is 8.74. The van der Waals surface area contributed by atoms with Gasteiger partial charge in [-0.05, 0) is 35.0 Å². The van der Waals surface area contributed by atoms with Gasteiger partial charge in [-0.3, -0.25) is 0 Å². The van der Waals surface area contributed by atoms with E-state index in [1.807, 2.05) is 36.4 Å². The van der Waals surface area contributed by atoms with E-state index in [9.17, 15) is 18.3 Å². The molecule has 1 aromatic heterocycles. The summed E-state index contributed by atoms with van der Waals surface area (Å²) in [4.78, 5) is 3.68. The Bertz CT molecular complexity index is 1120. The van der Waals surface area contributed by atoms with E-state index < -0.39 is 18.1 Å². The van der Waals surface area contributed by atoms with Crippen molar-refractivity contribution in [3.8, 4) is 5.75 Å². The highest BCUT2D eigenvalue weighted by Crippen LogP contribution is 2.31. The van der Waals surface area contributed by atoms with E-state index in [1.54, 1.807) is 24.3 Å². The predicted octanol–water partition coefficient (Wildman–Crippen LogP) is 4.65. The minimum Gasteiger partial charge on any atom is -0.491 e. The average molecular weight is 386 g/mol. The molecule has 0 aliphatic rings. The molecule has 144 valence electrons. The second-order valence-electron chi connectivity index (χ2n) is 6.51. The monoisotopic (exact) mass is 386 g/mol. The van der Waals surface area contributed by atoms with Gasteiger partial charge in [0.15, 0.2) is 0 Å². The number of hydrogen-bond acceptors (Lipinski definition) is 3. The lowest BCUT2D eigenvalue weighted by atomic mass is 10.1. The van der Waals surface area contributed by atoms with Crippen molar-refractivity contribution in [2.45, 2.75) is 18.8 Å². The van der Waals surface area contributed by atoms with Crippen LogP contribution in [0.15, 0.2) is 66.7 Å². The van der Waals surface area contributed by atoms with Crippen molar-refractivity contribution >= 4 is 21.8 Å². The second kappa shape index (κ2) is 7.16. The number of benzene rings is 3. The standard InChI is InChI=1S/C21H17F3N2O2/c22-21(23,24)20-25-18-7-3-4-8-19(18)26(20)12-16(27)13-28-17-10-9-14-5-1-2-6-15(14)11-17/h1-11,16,27H,12-13H2. The number of aromatic nitrogens is 2. The van der Waals surface area contributed by atoms with E-state index in [4.69, 9.17) is 4.74 Å². The molecular weight excluding hydrogens is 369 g/mol. The van der Waals surface area contributed by atoms with Crippen molar-refractivity contribution in [3.05, 3.63) is 72.6 Å². The molecule has 3 aromatic carbocycles. The van der Waals surface area contributed by atoms with Crippen LogP contribution in [0.5, 0.6) is 5.75 Å². The van der Waals surface area contributed by atoms with Crippen LogP contribution in [0.25, 0.3) is 21.8 Å². The number of para-hydroxylation sites is 2. The van der Waals surface area contributed by atoms with Crippen LogP contribution >= 0.6 is 0 Å². The molecule has 1 N–H and O–H groups in total. The first-order valence-corrected chi connectivity index (χ1v) is 8.74. The fourth-order valence-electron chi connectivity index (χ4n) is 3.19. The number of nitrogens with zero attached hydrogens (tertiary/aromatic N) is 2. The van der Waals surface area contributed by atoms with Crippen LogP contribution in [0.3, 0.4) is 0 Å². The van der Waals surface area contributed by atoms with Crippen molar-refractivity contribution < 1.29 is 23.0 Å². The molecule has 0 saturated carbocycles. The molecule has 0 saturated heterocycles. The molecule has 4 rings (SSSR count). The molecule has 4 nitrogen and oxygen atoms in total. The number of halogens is 3. The van der Waals surface area contributed by atoms with Gasteiger partial charge in [0.1, 0.15) is 18.5 Å². The molecule has 0 spiro atoms. The van der Waals surface area contributed by atoms with E-state index in [2.05, 4.69) is 4.98 Å². The molecule has 0 fully saturated rings. The minimum absolute atomic E-state index is 0.137. The van der Waals surface area contributed by atoms with Gasteiger partial charge >= 0.3 is 6.18 Å². The lowest BCUT2D eigenvalue weighted by molar-refractivity contribution is -0.147. The number of aliphatic hydroxyl groups is 1. The minimum atomic E-state index is -4.61. The molecule has 4 aromatic rings. The second-order valence-corrected chi connectivity index (χ2v) is 6.51.